The molecule has 0 unspecified atom stereocenters. The fraction of sp³-hybridized carbons (Fsp3) is 0.750. The van der Waals surface area contributed by atoms with Crippen molar-refractivity contribution in [3.05, 3.63) is 0 Å². The molecule has 0 heterocycles. The van der Waals surface area contributed by atoms with Crippen LogP contribution in [0.1, 0.15) is 25.7 Å². The fourth-order valence-corrected chi connectivity index (χ4v) is 1.46. The molecule has 0 radical (unpaired) electrons. The number of carboxylic acid groups (broad SMARTS) is 1. The van der Waals surface area contributed by atoms with E-state index in [1.54, 1.807) is 0 Å². The van der Waals surface area contributed by atoms with E-state index in [4.69, 9.17) is 5.11 Å². The number of carboxylic acids is 1. The van der Waals surface area contributed by atoms with E-state index < -0.39 is 37.0 Å². The van der Waals surface area contributed by atoms with E-state index in [0.29, 0.717) is 4.90 Å². The van der Waals surface area contributed by atoms with Gasteiger partial charge in [-0.3, -0.25) is 14.4 Å². The Bertz CT molecular complexity index is 383. The Labute approximate surface area is 120 Å². The zero-order valence-corrected chi connectivity index (χ0v) is 11.9. The lowest BCUT2D eigenvalue weighted by Gasteiger charge is -2.24. The largest absolute Gasteiger partial charge is 0.481 e. The average molecular weight is 312 g/mol. The molecule has 122 valence electrons. The molecule has 1 N–H and O–H groups in total. The minimum absolute atomic E-state index is 0.150. The van der Waals surface area contributed by atoms with Crippen LogP contribution in [0, 0.1) is 0 Å². The third-order valence-electron chi connectivity index (χ3n) is 2.58. The van der Waals surface area contributed by atoms with Crippen LogP contribution in [0.4, 0.5) is 13.2 Å². The second-order valence-corrected chi connectivity index (χ2v) is 4.75. The number of unbranched alkanes of at least 4 members (excludes halogenated alkanes) is 1. The number of nitrogens with zero attached hydrogens (tertiary/aromatic N) is 2. The Kier molecular flexibility index (Phi) is 7.75. The highest BCUT2D eigenvalue weighted by atomic mass is 19.4. The van der Waals surface area contributed by atoms with Crippen molar-refractivity contribution in [2.75, 3.05) is 27.2 Å². The van der Waals surface area contributed by atoms with E-state index in [9.17, 15) is 27.6 Å². The molecule has 0 aliphatic heterocycles. The fourth-order valence-electron chi connectivity index (χ4n) is 1.46. The van der Waals surface area contributed by atoms with Crippen molar-refractivity contribution in [3.63, 3.8) is 0 Å². The number of aliphatic carboxylic acids is 1. The first kappa shape index (κ1) is 19.2. The molecule has 0 atom stereocenters. The van der Waals surface area contributed by atoms with Crippen LogP contribution in [0.25, 0.3) is 0 Å². The molecule has 6 nitrogen and oxygen atoms in total. The van der Waals surface area contributed by atoms with Gasteiger partial charge in [0.2, 0.25) is 11.8 Å². The maximum Gasteiger partial charge on any atom is 0.406 e. The summed E-state index contributed by atoms with van der Waals surface area (Å²) in [4.78, 5) is 35.0. The van der Waals surface area contributed by atoms with Crippen molar-refractivity contribution in [2.45, 2.75) is 31.9 Å². The standard InChI is InChI=1S/C12H19F3N2O4/c1-16(2)10(19)7-17(8-12(13,14)15)9(18)5-3-4-6-11(20)21/h3-8H2,1-2H3,(H,20,21). The molecule has 0 fully saturated rings. The lowest BCUT2D eigenvalue weighted by atomic mass is 10.2. The molecule has 0 aliphatic rings. The van der Waals surface area contributed by atoms with Crippen molar-refractivity contribution in [3.8, 4) is 0 Å². The number of carbonyl (C=O) groups is 3. The maximum atomic E-state index is 12.4. The highest BCUT2D eigenvalue weighted by Crippen LogP contribution is 2.17. The lowest BCUT2D eigenvalue weighted by Crippen LogP contribution is -2.44. The second kappa shape index (κ2) is 8.48. The summed E-state index contributed by atoms with van der Waals surface area (Å²) in [6.07, 6.45) is -4.60. The number of carbonyl (C=O) groups excluding carboxylic acids is 2. The zero-order valence-electron chi connectivity index (χ0n) is 11.9. The zero-order chi connectivity index (χ0) is 16.6. The molecule has 0 saturated heterocycles. The SMILES string of the molecule is CN(C)C(=O)CN(CC(F)(F)F)C(=O)CCCCC(=O)O. The molecule has 0 aliphatic carbocycles. The van der Waals surface area contributed by atoms with Gasteiger partial charge in [0.15, 0.2) is 0 Å². The number of halogens is 3. The van der Waals surface area contributed by atoms with Gasteiger partial charge in [0, 0.05) is 26.9 Å². The summed E-state index contributed by atoms with van der Waals surface area (Å²) >= 11 is 0. The van der Waals surface area contributed by atoms with Crippen LogP contribution in [-0.2, 0) is 14.4 Å². The van der Waals surface area contributed by atoms with E-state index >= 15 is 0 Å². The number of likely N-dealkylation sites (N-methyl/N-ethyl adjacent to an activating group) is 1. The summed E-state index contributed by atoms with van der Waals surface area (Å²) in [5.74, 6) is -2.46. The van der Waals surface area contributed by atoms with Gasteiger partial charge < -0.3 is 14.9 Å². The number of alkyl halides is 3. The Morgan fingerprint density at radius 1 is 1.00 bits per heavy atom. The van der Waals surface area contributed by atoms with E-state index in [2.05, 4.69) is 0 Å². The number of hydrogen-bond acceptors (Lipinski definition) is 3. The summed E-state index contributed by atoms with van der Waals surface area (Å²) in [5, 5.41) is 8.43. The Hall–Kier alpha value is -1.80. The van der Waals surface area contributed by atoms with Crippen LogP contribution in [0.5, 0.6) is 0 Å². The normalized spacial score (nSPS) is 11.1. The van der Waals surface area contributed by atoms with Gasteiger partial charge in [0.1, 0.15) is 13.1 Å². The molecular formula is C12H19F3N2O4. The third kappa shape index (κ3) is 9.69. The summed E-state index contributed by atoms with van der Waals surface area (Å²) in [7, 11) is 2.76. The van der Waals surface area contributed by atoms with Crippen molar-refractivity contribution in [1.29, 1.82) is 0 Å². The van der Waals surface area contributed by atoms with Crippen LogP contribution in [0.15, 0.2) is 0 Å². The Balaban J connectivity index is 4.52. The summed E-state index contributed by atoms with van der Waals surface area (Å²) in [6.45, 7) is -2.14. The van der Waals surface area contributed by atoms with E-state index in [1.807, 2.05) is 0 Å². The summed E-state index contributed by atoms with van der Waals surface area (Å²) in [5.41, 5.74) is 0. The average Bonchev–Trinajstić information content (AvgIpc) is 2.31. The first-order valence-corrected chi connectivity index (χ1v) is 6.29. The molecule has 0 aromatic rings. The van der Waals surface area contributed by atoms with Crippen molar-refractivity contribution in [1.82, 2.24) is 9.80 Å². The van der Waals surface area contributed by atoms with E-state index in [0.717, 1.165) is 4.90 Å². The molecule has 9 heteroatoms. The van der Waals surface area contributed by atoms with Crippen LogP contribution < -0.4 is 0 Å². The second-order valence-electron chi connectivity index (χ2n) is 4.75. The molecule has 2 amide bonds. The molecular weight excluding hydrogens is 293 g/mol. The number of rotatable bonds is 8. The minimum Gasteiger partial charge on any atom is -0.481 e. The van der Waals surface area contributed by atoms with E-state index in [1.165, 1.54) is 14.1 Å². The van der Waals surface area contributed by atoms with Crippen molar-refractivity contribution >= 4 is 17.8 Å². The molecule has 0 aromatic heterocycles. The van der Waals surface area contributed by atoms with Gasteiger partial charge in [-0.1, -0.05) is 0 Å². The number of hydrogen-bond donors (Lipinski definition) is 1. The molecule has 0 spiro atoms. The van der Waals surface area contributed by atoms with Crippen molar-refractivity contribution < 1.29 is 32.7 Å². The first-order valence-electron chi connectivity index (χ1n) is 6.29. The van der Waals surface area contributed by atoms with Gasteiger partial charge in [0.25, 0.3) is 0 Å². The quantitative estimate of drug-likeness (QED) is 0.681. The van der Waals surface area contributed by atoms with Gasteiger partial charge in [-0.25, -0.2) is 0 Å². The predicted molar refractivity (Wildman–Crippen MR) is 67.4 cm³/mol. The van der Waals surface area contributed by atoms with Crippen molar-refractivity contribution in [2.24, 2.45) is 0 Å². The van der Waals surface area contributed by atoms with Gasteiger partial charge in [-0.05, 0) is 12.8 Å². The first-order chi connectivity index (χ1) is 9.53. The predicted octanol–water partition coefficient (Wildman–Crippen LogP) is 1.11. The van der Waals surface area contributed by atoms with Gasteiger partial charge in [-0.15, -0.1) is 0 Å². The van der Waals surface area contributed by atoms with Crippen LogP contribution in [-0.4, -0.2) is 66.1 Å². The molecule has 0 bridgehead atoms. The smallest absolute Gasteiger partial charge is 0.406 e. The highest BCUT2D eigenvalue weighted by molar-refractivity contribution is 5.84. The Morgan fingerprint density at radius 2 is 1.52 bits per heavy atom. The molecule has 0 rings (SSSR count). The van der Waals surface area contributed by atoms with E-state index in [-0.39, 0.29) is 25.7 Å². The minimum atomic E-state index is -4.59. The molecule has 21 heavy (non-hydrogen) atoms. The van der Waals surface area contributed by atoms with Crippen LogP contribution in [0.3, 0.4) is 0 Å². The number of amides is 2. The topological polar surface area (TPSA) is 77.9 Å². The van der Waals surface area contributed by atoms with Crippen LogP contribution >= 0.6 is 0 Å². The van der Waals surface area contributed by atoms with Crippen LogP contribution in [0.2, 0.25) is 0 Å². The Morgan fingerprint density at radius 3 is 1.95 bits per heavy atom. The monoisotopic (exact) mass is 312 g/mol. The molecule has 0 aromatic carbocycles. The highest BCUT2D eigenvalue weighted by Gasteiger charge is 2.33. The lowest BCUT2D eigenvalue weighted by molar-refractivity contribution is -0.164. The maximum absolute atomic E-state index is 12.4. The summed E-state index contributed by atoms with van der Waals surface area (Å²) < 4.78 is 37.2. The summed E-state index contributed by atoms with van der Waals surface area (Å²) in [6, 6.07) is 0. The van der Waals surface area contributed by atoms with Gasteiger partial charge in [0.05, 0.1) is 0 Å². The van der Waals surface area contributed by atoms with Gasteiger partial charge in [-0.2, -0.15) is 13.2 Å². The van der Waals surface area contributed by atoms with Gasteiger partial charge >= 0.3 is 12.1 Å². The molecule has 0 saturated carbocycles. The third-order valence-corrected chi connectivity index (χ3v) is 2.58.